The van der Waals surface area contributed by atoms with E-state index in [2.05, 4.69) is 38.4 Å². The van der Waals surface area contributed by atoms with Crippen LogP contribution in [0.25, 0.3) is 10.9 Å². The molecule has 2 heterocycles. The highest BCUT2D eigenvalue weighted by Crippen LogP contribution is 2.23. The quantitative estimate of drug-likeness (QED) is 0.470. The van der Waals surface area contributed by atoms with Crippen molar-refractivity contribution in [3.05, 3.63) is 59.8 Å². The number of hydrogen-bond donors (Lipinski definition) is 2. The molecule has 1 aromatic heterocycles. The Balaban J connectivity index is 1.24. The molecule has 2 aromatic carbocycles. The zero-order valence-corrected chi connectivity index (χ0v) is 21.0. The minimum absolute atomic E-state index is 0.0182. The fourth-order valence-electron chi connectivity index (χ4n) is 4.61. The number of unbranched alkanes of at least 4 members (excludes halogenated alkanes) is 1. The molecule has 0 spiro atoms. The molecule has 0 atom stereocenters. The normalized spacial score (nSPS) is 15.0. The van der Waals surface area contributed by atoms with Crippen molar-refractivity contribution < 1.29 is 9.53 Å². The number of hydrogen-bond acceptors (Lipinski definition) is 4. The summed E-state index contributed by atoms with van der Waals surface area (Å²) in [5.41, 5.74) is 4.14. The summed E-state index contributed by atoms with van der Waals surface area (Å²) in [6.07, 6.45) is 5.45. The Morgan fingerprint density at radius 3 is 2.44 bits per heavy atom. The summed E-state index contributed by atoms with van der Waals surface area (Å²) < 4.78 is 5.27. The van der Waals surface area contributed by atoms with Crippen molar-refractivity contribution in [2.75, 3.05) is 44.7 Å². The molecular formula is C28H38N4O2. The summed E-state index contributed by atoms with van der Waals surface area (Å²) in [4.78, 5) is 21.0. The number of rotatable bonds is 8. The maximum atomic E-state index is 12.6. The first kappa shape index (κ1) is 24.1. The van der Waals surface area contributed by atoms with Gasteiger partial charge >= 0.3 is 0 Å². The van der Waals surface area contributed by atoms with E-state index in [0.717, 1.165) is 67.8 Å². The summed E-state index contributed by atoms with van der Waals surface area (Å²) >= 11 is 0. The molecule has 4 rings (SSSR count). The van der Waals surface area contributed by atoms with E-state index in [-0.39, 0.29) is 11.4 Å². The summed E-state index contributed by atoms with van der Waals surface area (Å²) in [7, 11) is 1.70. The molecule has 182 valence electrons. The molecule has 1 fully saturated rings. The number of carbonyl (C=O) groups excluding carboxylic acids is 1. The lowest BCUT2D eigenvalue weighted by Gasteiger charge is -2.36. The van der Waals surface area contributed by atoms with Crippen LogP contribution in [0.4, 0.5) is 5.69 Å². The maximum Gasteiger partial charge on any atom is 0.251 e. The van der Waals surface area contributed by atoms with Gasteiger partial charge in [-0.2, -0.15) is 0 Å². The molecule has 1 amide bonds. The molecule has 2 N–H and O–H groups in total. The molecular weight excluding hydrogens is 424 g/mol. The second-order valence-electron chi connectivity index (χ2n) is 10.3. The topological polar surface area (TPSA) is 60.6 Å². The largest absolute Gasteiger partial charge is 0.497 e. The molecule has 0 aliphatic carbocycles. The van der Waals surface area contributed by atoms with Gasteiger partial charge in [-0.3, -0.25) is 9.69 Å². The fourth-order valence-corrected chi connectivity index (χ4v) is 4.61. The third kappa shape index (κ3) is 6.11. The minimum Gasteiger partial charge on any atom is -0.497 e. The van der Waals surface area contributed by atoms with Gasteiger partial charge in [0.05, 0.1) is 7.11 Å². The van der Waals surface area contributed by atoms with Crippen LogP contribution in [0.1, 0.15) is 49.5 Å². The number of nitrogens with zero attached hydrogens (tertiary/aromatic N) is 2. The van der Waals surface area contributed by atoms with Gasteiger partial charge in [0.2, 0.25) is 0 Å². The number of nitrogens with one attached hydrogen (secondary N) is 2. The molecule has 0 bridgehead atoms. The predicted molar refractivity (Wildman–Crippen MR) is 140 cm³/mol. The number of H-pyrrole nitrogens is 1. The van der Waals surface area contributed by atoms with Crippen molar-refractivity contribution in [3.8, 4) is 5.75 Å². The highest BCUT2D eigenvalue weighted by atomic mass is 16.5. The van der Waals surface area contributed by atoms with Gasteiger partial charge < -0.3 is 19.9 Å². The van der Waals surface area contributed by atoms with Gasteiger partial charge in [0.1, 0.15) is 5.75 Å². The van der Waals surface area contributed by atoms with Crippen molar-refractivity contribution >= 4 is 22.5 Å². The SMILES string of the molecule is COc1ccc(N2CCN(CCCCc3c[nH]c4ccc(C(=O)NC(C)(C)C)cc34)CC2)cc1. The number of carbonyl (C=O) groups is 1. The number of aromatic amines is 1. The molecule has 1 aliphatic heterocycles. The first-order valence-electron chi connectivity index (χ1n) is 12.4. The van der Waals surface area contributed by atoms with Gasteiger partial charge in [-0.05, 0) is 94.6 Å². The lowest BCUT2D eigenvalue weighted by atomic mass is 10.0. The molecule has 0 unspecified atom stereocenters. The number of anilines is 1. The van der Waals surface area contributed by atoms with Crippen molar-refractivity contribution in [1.82, 2.24) is 15.2 Å². The number of aromatic nitrogens is 1. The molecule has 6 heteroatoms. The summed E-state index contributed by atoms with van der Waals surface area (Å²) in [5, 5.41) is 4.22. The van der Waals surface area contributed by atoms with E-state index in [1.165, 1.54) is 17.7 Å². The molecule has 34 heavy (non-hydrogen) atoms. The van der Waals surface area contributed by atoms with E-state index < -0.39 is 0 Å². The van der Waals surface area contributed by atoms with E-state index in [9.17, 15) is 4.79 Å². The molecule has 1 aliphatic rings. The van der Waals surface area contributed by atoms with E-state index in [1.807, 2.05) is 51.1 Å². The zero-order valence-electron chi connectivity index (χ0n) is 21.0. The summed E-state index contributed by atoms with van der Waals surface area (Å²) in [5.74, 6) is 0.886. The number of fused-ring (bicyclic) bond motifs is 1. The van der Waals surface area contributed by atoms with Crippen LogP contribution in [-0.2, 0) is 6.42 Å². The lowest BCUT2D eigenvalue weighted by Crippen LogP contribution is -2.46. The number of ether oxygens (including phenoxy) is 1. The number of piperazine rings is 1. The van der Waals surface area contributed by atoms with Crippen LogP contribution in [0, 0.1) is 0 Å². The number of aryl methyl sites for hydroxylation is 1. The highest BCUT2D eigenvalue weighted by molar-refractivity contribution is 5.99. The number of methoxy groups -OCH3 is 1. The first-order chi connectivity index (χ1) is 16.3. The Hall–Kier alpha value is -2.99. The first-order valence-corrected chi connectivity index (χ1v) is 12.4. The van der Waals surface area contributed by atoms with Gasteiger partial charge in [-0.1, -0.05) is 0 Å². The zero-order chi connectivity index (χ0) is 24.1. The van der Waals surface area contributed by atoms with Crippen molar-refractivity contribution in [2.24, 2.45) is 0 Å². The van der Waals surface area contributed by atoms with Gasteiger partial charge in [0.15, 0.2) is 0 Å². The van der Waals surface area contributed by atoms with E-state index in [0.29, 0.717) is 0 Å². The molecule has 0 saturated carbocycles. The highest BCUT2D eigenvalue weighted by Gasteiger charge is 2.18. The predicted octanol–water partition coefficient (Wildman–Crippen LogP) is 4.85. The summed E-state index contributed by atoms with van der Waals surface area (Å²) in [6, 6.07) is 14.3. The molecule has 3 aromatic rings. The Morgan fingerprint density at radius 1 is 1.03 bits per heavy atom. The smallest absolute Gasteiger partial charge is 0.251 e. The third-order valence-electron chi connectivity index (χ3n) is 6.50. The monoisotopic (exact) mass is 462 g/mol. The summed E-state index contributed by atoms with van der Waals surface area (Å²) in [6.45, 7) is 11.5. The van der Waals surface area contributed by atoms with Crippen LogP contribution in [0.3, 0.4) is 0 Å². The Labute approximate surface area is 203 Å². The van der Waals surface area contributed by atoms with Gasteiger partial charge in [0.25, 0.3) is 5.91 Å². The van der Waals surface area contributed by atoms with Crippen molar-refractivity contribution in [1.29, 1.82) is 0 Å². The minimum atomic E-state index is -0.243. The maximum absolute atomic E-state index is 12.6. The second-order valence-corrected chi connectivity index (χ2v) is 10.3. The van der Waals surface area contributed by atoms with E-state index in [1.54, 1.807) is 7.11 Å². The Kier molecular flexibility index (Phi) is 7.47. The van der Waals surface area contributed by atoms with Crippen LogP contribution in [-0.4, -0.2) is 61.2 Å². The lowest BCUT2D eigenvalue weighted by molar-refractivity contribution is 0.0919. The van der Waals surface area contributed by atoms with Crippen LogP contribution < -0.4 is 15.0 Å². The average molecular weight is 463 g/mol. The Bertz CT molecular complexity index is 1090. The van der Waals surface area contributed by atoms with Crippen molar-refractivity contribution in [3.63, 3.8) is 0 Å². The molecule has 1 saturated heterocycles. The van der Waals surface area contributed by atoms with Gasteiger partial charge in [-0.15, -0.1) is 0 Å². The van der Waals surface area contributed by atoms with Gasteiger partial charge in [-0.25, -0.2) is 0 Å². The number of benzene rings is 2. The fraction of sp³-hybridized carbons (Fsp3) is 0.464. The van der Waals surface area contributed by atoms with E-state index >= 15 is 0 Å². The van der Waals surface area contributed by atoms with Gasteiger partial charge in [0, 0.05) is 60.1 Å². The van der Waals surface area contributed by atoms with E-state index in [4.69, 9.17) is 4.74 Å². The molecule has 6 nitrogen and oxygen atoms in total. The Morgan fingerprint density at radius 2 is 1.76 bits per heavy atom. The van der Waals surface area contributed by atoms with Crippen LogP contribution in [0.15, 0.2) is 48.7 Å². The average Bonchev–Trinajstić information content (AvgIpc) is 3.23. The van der Waals surface area contributed by atoms with Crippen molar-refractivity contribution in [2.45, 2.75) is 45.6 Å². The third-order valence-corrected chi connectivity index (χ3v) is 6.50. The second kappa shape index (κ2) is 10.5. The standard InChI is InChI=1S/C28H38N4O2/c1-28(2,3)30-27(33)21-8-13-26-25(19-21)22(20-29-26)7-5-6-14-31-15-17-32(18-16-31)23-9-11-24(34-4)12-10-23/h8-13,19-20,29H,5-7,14-18H2,1-4H3,(H,30,33). The van der Waals surface area contributed by atoms with Crippen LogP contribution >= 0.6 is 0 Å². The number of amides is 1. The molecule has 0 radical (unpaired) electrons. The van der Waals surface area contributed by atoms with Crippen LogP contribution in [0.2, 0.25) is 0 Å². The van der Waals surface area contributed by atoms with Crippen LogP contribution in [0.5, 0.6) is 5.75 Å².